The van der Waals surface area contributed by atoms with Crippen LogP contribution in [0.4, 0.5) is 23.4 Å². The van der Waals surface area contributed by atoms with E-state index >= 15 is 0 Å². The molecule has 4 heterocycles. The summed E-state index contributed by atoms with van der Waals surface area (Å²) in [5, 5.41) is 2.49. The van der Waals surface area contributed by atoms with Crippen molar-refractivity contribution in [3.63, 3.8) is 0 Å². The molecule has 0 atom stereocenters. The molecule has 0 radical (unpaired) electrons. The minimum atomic E-state index is -4.54. The van der Waals surface area contributed by atoms with E-state index in [1.54, 1.807) is 18.3 Å². The molecular formula is C19H14F4N6O. The molecule has 0 bridgehead atoms. The summed E-state index contributed by atoms with van der Waals surface area (Å²) in [4.78, 5) is 29.8. The molecule has 30 heavy (non-hydrogen) atoms. The third-order valence-electron chi connectivity index (χ3n) is 4.51. The number of aromatic nitrogens is 4. The summed E-state index contributed by atoms with van der Waals surface area (Å²) in [6, 6.07) is 5.21. The van der Waals surface area contributed by atoms with E-state index in [-0.39, 0.29) is 11.9 Å². The van der Waals surface area contributed by atoms with Crippen molar-refractivity contribution in [2.75, 3.05) is 18.0 Å². The van der Waals surface area contributed by atoms with E-state index < -0.39 is 23.6 Å². The Labute approximate surface area is 167 Å². The lowest BCUT2D eigenvalue weighted by Crippen LogP contribution is -2.59. The molecule has 0 spiro atoms. The molecule has 0 saturated carbocycles. The van der Waals surface area contributed by atoms with Gasteiger partial charge in [0, 0.05) is 31.0 Å². The van der Waals surface area contributed by atoms with Gasteiger partial charge in [-0.1, -0.05) is 6.58 Å². The van der Waals surface area contributed by atoms with Crippen molar-refractivity contribution in [3.8, 4) is 11.4 Å². The minimum Gasteiger partial charge on any atom is -0.350 e. The van der Waals surface area contributed by atoms with Crippen LogP contribution >= 0.6 is 0 Å². The van der Waals surface area contributed by atoms with E-state index in [1.165, 1.54) is 6.07 Å². The van der Waals surface area contributed by atoms with Crippen molar-refractivity contribution in [2.24, 2.45) is 0 Å². The van der Waals surface area contributed by atoms with Crippen LogP contribution in [0.1, 0.15) is 5.69 Å². The lowest BCUT2D eigenvalue weighted by Gasteiger charge is -2.40. The third kappa shape index (κ3) is 3.78. The van der Waals surface area contributed by atoms with Gasteiger partial charge in [0.15, 0.2) is 17.5 Å². The lowest BCUT2D eigenvalue weighted by atomic mass is 10.1. The van der Waals surface area contributed by atoms with Gasteiger partial charge in [-0.3, -0.25) is 14.8 Å². The number of pyridine rings is 2. The molecule has 0 aliphatic carbocycles. The third-order valence-corrected chi connectivity index (χ3v) is 4.51. The van der Waals surface area contributed by atoms with E-state index in [2.05, 4.69) is 31.8 Å². The summed E-state index contributed by atoms with van der Waals surface area (Å²) < 4.78 is 51.1. The zero-order valence-electron chi connectivity index (χ0n) is 15.3. The maximum absolute atomic E-state index is 12.9. The van der Waals surface area contributed by atoms with Gasteiger partial charge in [-0.25, -0.2) is 14.4 Å². The molecule has 1 amide bonds. The number of anilines is 1. The fraction of sp³-hybridized carbons (Fsp3) is 0.211. The maximum atomic E-state index is 12.9. The van der Waals surface area contributed by atoms with E-state index in [9.17, 15) is 22.4 Å². The number of hydrogen-bond donors (Lipinski definition) is 1. The van der Waals surface area contributed by atoms with Gasteiger partial charge in [-0.05, 0) is 24.3 Å². The number of nitrogens with zero attached hydrogens (tertiary/aromatic N) is 5. The van der Waals surface area contributed by atoms with Crippen LogP contribution in [0.3, 0.4) is 0 Å². The fourth-order valence-corrected chi connectivity index (χ4v) is 3.00. The van der Waals surface area contributed by atoms with Crippen molar-refractivity contribution in [2.45, 2.75) is 12.2 Å². The number of rotatable bonds is 4. The van der Waals surface area contributed by atoms with Crippen molar-refractivity contribution in [3.05, 3.63) is 54.8 Å². The predicted octanol–water partition coefficient (Wildman–Crippen LogP) is 2.89. The predicted molar refractivity (Wildman–Crippen MR) is 100.0 cm³/mol. The highest BCUT2D eigenvalue weighted by molar-refractivity contribution is 5.91. The first-order chi connectivity index (χ1) is 14.2. The normalized spacial score (nSPS) is 14.5. The topological polar surface area (TPSA) is 83.9 Å². The molecule has 3 aromatic rings. The molecule has 11 heteroatoms. The van der Waals surface area contributed by atoms with Gasteiger partial charge in [-0.2, -0.15) is 13.2 Å². The summed E-state index contributed by atoms with van der Waals surface area (Å²) in [6.07, 6.45) is -1.91. The number of carbonyl (C=O) groups is 1. The summed E-state index contributed by atoms with van der Waals surface area (Å²) in [5.41, 5.74) is 0.307. The Morgan fingerprint density at radius 2 is 1.93 bits per heavy atom. The van der Waals surface area contributed by atoms with Crippen LogP contribution in [-0.2, 0) is 11.0 Å². The lowest BCUT2D eigenvalue weighted by molar-refractivity contribution is -0.141. The van der Waals surface area contributed by atoms with Crippen LogP contribution in [0, 0.1) is 0 Å². The Hall–Kier alpha value is -3.63. The Morgan fingerprint density at radius 1 is 1.17 bits per heavy atom. The van der Waals surface area contributed by atoms with E-state index in [1.807, 2.05) is 4.90 Å². The standard InChI is InChI=1S/C19H14F4N6O/c1-10(20)18(30)26-12-8-29(9-12)17-15-13(3-2-6-24-15)27-16(28-17)11-4-5-14(25-7-11)19(21,22)23/h2-7,12H,1,8-9H2,(H,26,30). The molecular weight excluding hydrogens is 404 g/mol. The van der Waals surface area contributed by atoms with Gasteiger partial charge in [-0.15, -0.1) is 0 Å². The second-order valence-corrected chi connectivity index (χ2v) is 6.65. The van der Waals surface area contributed by atoms with Crippen LogP contribution in [0.5, 0.6) is 0 Å². The number of amides is 1. The Bertz CT molecular complexity index is 1130. The van der Waals surface area contributed by atoms with Gasteiger partial charge in [0.1, 0.15) is 11.2 Å². The summed E-state index contributed by atoms with van der Waals surface area (Å²) in [6.45, 7) is 3.66. The molecule has 1 N–H and O–H groups in total. The summed E-state index contributed by atoms with van der Waals surface area (Å²) in [5.74, 6) is -1.29. The highest BCUT2D eigenvalue weighted by Gasteiger charge is 2.33. The average Bonchev–Trinajstić information content (AvgIpc) is 2.69. The van der Waals surface area contributed by atoms with Crippen molar-refractivity contribution in [1.82, 2.24) is 25.3 Å². The molecule has 1 aliphatic heterocycles. The molecule has 0 aromatic carbocycles. The fourth-order valence-electron chi connectivity index (χ4n) is 3.00. The second kappa shape index (κ2) is 7.32. The van der Waals surface area contributed by atoms with Crippen molar-refractivity contribution < 1.29 is 22.4 Å². The largest absolute Gasteiger partial charge is 0.433 e. The molecule has 0 unspecified atom stereocenters. The number of alkyl halides is 3. The Morgan fingerprint density at radius 3 is 2.57 bits per heavy atom. The number of fused-ring (bicyclic) bond motifs is 1. The van der Waals surface area contributed by atoms with Gasteiger partial charge in [0.25, 0.3) is 5.91 Å². The molecule has 1 fully saturated rings. The van der Waals surface area contributed by atoms with Gasteiger partial charge in [0.2, 0.25) is 0 Å². The first kappa shape index (κ1) is 19.7. The molecule has 154 valence electrons. The molecule has 1 aliphatic rings. The highest BCUT2D eigenvalue weighted by Crippen LogP contribution is 2.31. The Balaban J connectivity index is 1.64. The smallest absolute Gasteiger partial charge is 0.350 e. The van der Waals surface area contributed by atoms with Crippen molar-refractivity contribution in [1.29, 1.82) is 0 Å². The van der Waals surface area contributed by atoms with Crippen LogP contribution < -0.4 is 10.2 Å². The zero-order valence-corrected chi connectivity index (χ0v) is 15.3. The first-order valence-electron chi connectivity index (χ1n) is 8.79. The van der Waals surface area contributed by atoms with Crippen LogP contribution in [0.25, 0.3) is 22.4 Å². The van der Waals surface area contributed by atoms with Gasteiger partial charge >= 0.3 is 6.18 Å². The molecule has 4 rings (SSSR count). The zero-order chi connectivity index (χ0) is 21.5. The van der Waals surface area contributed by atoms with E-state index in [4.69, 9.17) is 0 Å². The summed E-state index contributed by atoms with van der Waals surface area (Å²) >= 11 is 0. The number of hydrogen-bond acceptors (Lipinski definition) is 6. The SMILES string of the molecule is C=C(F)C(=O)NC1CN(c2nc(-c3ccc(C(F)(F)F)nc3)nc3cccnc23)C1. The number of nitrogens with one attached hydrogen (secondary N) is 1. The minimum absolute atomic E-state index is 0.191. The quantitative estimate of drug-likeness (QED) is 0.518. The Kier molecular flexibility index (Phi) is 4.80. The second-order valence-electron chi connectivity index (χ2n) is 6.65. The van der Waals surface area contributed by atoms with E-state index in [0.717, 1.165) is 12.3 Å². The molecule has 7 nitrogen and oxygen atoms in total. The van der Waals surface area contributed by atoms with Gasteiger partial charge in [0.05, 0.1) is 11.6 Å². The van der Waals surface area contributed by atoms with E-state index in [0.29, 0.717) is 35.5 Å². The molecule has 3 aromatic heterocycles. The first-order valence-corrected chi connectivity index (χ1v) is 8.79. The van der Waals surface area contributed by atoms with Crippen LogP contribution in [0.2, 0.25) is 0 Å². The number of halogens is 4. The molecule has 1 saturated heterocycles. The maximum Gasteiger partial charge on any atom is 0.433 e. The van der Waals surface area contributed by atoms with Crippen LogP contribution in [0.15, 0.2) is 49.1 Å². The van der Waals surface area contributed by atoms with Gasteiger partial charge < -0.3 is 10.2 Å². The highest BCUT2D eigenvalue weighted by atomic mass is 19.4. The summed E-state index contributed by atoms with van der Waals surface area (Å²) in [7, 11) is 0. The van der Waals surface area contributed by atoms with Crippen LogP contribution in [-0.4, -0.2) is 45.0 Å². The number of carbonyl (C=O) groups excluding carboxylic acids is 1. The van der Waals surface area contributed by atoms with Crippen molar-refractivity contribution >= 4 is 22.8 Å². The monoisotopic (exact) mass is 418 g/mol. The average molecular weight is 418 g/mol.